The molecule has 1 aliphatic heterocycles. The average molecular weight is 402 g/mol. The Kier molecular flexibility index (Phi) is 4.70. The van der Waals surface area contributed by atoms with Crippen LogP contribution >= 0.6 is 0 Å². The molecule has 4 nitrogen and oxygen atoms in total. The zero-order chi connectivity index (χ0) is 20.6. The molecule has 3 aromatic rings. The van der Waals surface area contributed by atoms with E-state index in [1.807, 2.05) is 0 Å². The van der Waals surface area contributed by atoms with E-state index in [-0.39, 0.29) is 18.2 Å². The van der Waals surface area contributed by atoms with Crippen molar-refractivity contribution in [2.24, 2.45) is 0 Å². The number of para-hydroxylation sites is 1. The van der Waals surface area contributed by atoms with Gasteiger partial charge in [0.25, 0.3) is 5.91 Å². The van der Waals surface area contributed by atoms with Crippen molar-refractivity contribution < 1.29 is 27.1 Å². The SMILES string of the molecule is O=C1c2ccnc(-c3ccccc3OCC(F)(F)F)c2CN1c1ccc(F)cc1. The Bertz CT molecular complexity index is 1070. The van der Waals surface area contributed by atoms with E-state index >= 15 is 0 Å². The van der Waals surface area contributed by atoms with E-state index in [9.17, 15) is 22.4 Å². The molecule has 1 aromatic heterocycles. The zero-order valence-corrected chi connectivity index (χ0v) is 14.9. The Morgan fingerprint density at radius 2 is 1.72 bits per heavy atom. The first-order valence-electron chi connectivity index (χ1n) is 8.68. The Morgan fingerprint density at radius 3 is 2.45 bits per heavy atom. The predicted octanol–water partition coefficient (Wildman–Crippen LogP) is 4.99. The number of fused-ring (bicyclic) bond motifs is 1. The number of amides is 1. The second-order valence-electron chi connectivity index (χ2n) is 6.45. The Labute approximate surface area is 163 Å². The summed E-state index contributed by atoms with van der Waals surface area (Å²) in [5.41, 5.74) is 2.22. The van der Waals surface area contributed by atoms with Gasteiger partial charge in [0.05, 0.1) is 12.2 Å². The van der Waals surface area contributed by atoms with E-state index < -0.39 is 18.6 Å². The van der Waals surface area contributed by atoms with Gasteiger partial charge in [-0.1, -0.05) is 12.1 Å². The van der Waals surface area contributed by atoms with Crippen LogP contribution in [-0.2, 0) is 6.54 Å². The van der Waals surface area contributed by atoms with Crippen LogP contribution in [0.3, 0.4) is 0 Å². The fourth-order valence-corrected chi connectivity index (χ4v) is 3.24. The molecule has 0 atom stereocenters. The van der Waals surface area contributed by atoms with Crippen LogP contribution in [0, 0.1) is 5.82 Å². The molecule has 0 unspecified atom stereocenters. The summed E-state index contributed by atoms with van der Waals surface area (Å²) in [7, 11) is 0. The van der Waals surface area contributed by atoms with Crippen LogP contribution < -0.4 is 9.64 Å². The van der Waals surface area contributed by atoms with Gasteiger partial charge in [0, 0.05) is 28.6 Å². The second kappa shape index (κ2) is 7.20. The van der Waals surface area contributed by atoms with E-state index in [4.69, 9.17) is 4.74 Å². The third kappa shape index (κ3) is 3.78. The molecular formula is C21H14F4N2O2. The lowest BCUT2D eigenvalue weighted by molar-refractivity contribution is -0.153. The van der Waals surface area contributed by atoms with Crippen molar-refractivity contribution in [2.45, 2.75) is 12.7 Å². The van der Waals surface area contributed by atoms with Crippen molar-refractivity contribution in [2.75, 3.05) is 11.5 Å². The zero-order valence-electron chi connectivity index (χ0n) is 14.9. The first kappa shape index (κ1) is 18.9. The predicted molar refractivity (Wildman–Crippen MR) is 98.1 cm³/mol. The number of benzene rings is 2. The molecular weight excluding hydrogens is 388 g/mol. The van der Waals surface area contributed by atoms with Crippen LogP contribution in [0.5, 0.6) is 5.75 Å². The van der Waals surface area contributed by atoms with Crippen LogP contribution in [0.1, 0.15) is 15.9 Å². The van der Waals surface area contributed by atoms with Gasteiger partial charge in [-0.15, -0.1) is 0 Å². The summed E-state index contributed by atoms with van der Waals surface area (Å²) in [5, 5.41) is 0. The van der Waals surface area contributed by atoms with E-state index in [0.29, 0.717) is 28.1 Å². The van der Waals surface area contributed by atoms with Crippen molar-refractivity contribution >= 4 is 11.6 Å². The highest BCUT2D eigenvalue weighted by molar-refractivity contribution is 6.11. The van der Waals surface area contributed by atoms with Gasteiger partial charge >= 0.3 is 6.18 Å². The second-order valence-corrected chi connectivity index (χ2v) is 6.45. The standard InChI is InChI=1S/C21H14F4N2O2/c22-13-5-7-14(8-6-13)27-11-17-15(20(27)28)9-10-26-19(17)16-3-1-2-4-18(16)29-12-21(23,24)25/h1-10H,11-12H2. The first-order valence-corrected chi connectivity index (χ1v) is 8.68. The van der Waals surface area contributed by atoms with Gasteiger partial charge < -0.3 is 9.64 Å². The molecule has 0 bridgehead atoms. The van der Waals surface area contributed by atoms with Crippen LogP contribution in [-0.4, -0.2) is 23.7 Å². The molecule has 0 saturated carbocycles. The molecule has 0 spiro atoms. The van der Waals surface area contributed by atoms with E-state index in [2.05, 4.69) is 4.98 Å². The van der Waals surface area contributed by atoms with Gasteiger partial charge in [-0.05, 0) is 42.5 Å². The maximum Gasteiger partial charge on any atom is 0.422 e. The molecule has 2 aromatic carbocycles. The molecule has 8 heteroatoms. The summed E-state index contributed by atoms with van der Waals surface area (Å²) in [6.07, 6.45) is -3.05. The van der Waals surface area contributed by atoms with Crippen molar-refractivity contribution in [3.05, 3.63) is 77.7 Å². The van der Waals surface area contributed by atoms with Gasteiger partial charge in [-0.2, -0.15) is 13.2 Å². The van der Waals surface area contributed by atoms with Crippen LogP contribution in [0.15, 0.2) is 60.8 Å². The van der Waals surface area contributed by atoms with E-state index in [1.165, 1.54) is 41.4 Å². The molecule has 1 amide bonds. The number of rotatable bonds is 4. The molecule has 2 heterocycles. The maximum atomic E-state index is 13.2. The Morgan fingerprint density at radius 1 is 1.00 bits per heavy atom. The number of carbonyl (C=O) groups excluding carboxylic acids is 1. The monoisotopic (exact) mass is 402 g/mol. The quantitative estimate of drug-likeness (QED) is 0.578. The van der Waals surface area contributed by atoms with Gasteiger partial charge in [-0.3, -0.25) is 9.78 Å². The average Bonchev–Trinajstić information content (AvgIpc) is 3.04. The van der Waals surface area contributed by atoms with Crippen molar-refractivity contribution in [1.82, 2.24) is 4.98 Å². The Balaban J connectivity index is 1.72. The molecule has 29 heavy (non-hydrogen) atoms. The third-order valence-electron chi connectivity index (χ3n) is 4.52. The molecule has 4 rings (SSSR count). The number of pyridine rings is 1. The summed E-state index contributed by atoms with van der Waals surface area (Å²) in [5.74, 6) is -0.682. The van der Waals surface area contributed by atoms with Crippen molar-refractivity contribution in [3.63, 3.8) is 0 Å². The number of anilines is 1. The minimum absolute atomic E-state index is 0.0263. The van der Waals surface area contributed by atoms with Crippen molar-refractivity contribution in [3.8, 4) is 17.0 Å². The molecule has 0 aliphatic carbocycles. The molecule has 0 saturated heterocycles. The number of carbonyl (C=O) groups is 1. The first-order chi connectivity index (χ1) is 13.8. The number of hydrogen-bond donors (Lipinski definition) is 0. The number of aromatic nitrogens is 1. The van der Waals surface area contributed by atoms with Gasteiger partial charge in [-0.25, -0.2) is 4.39 Å². The number of hydrogen-bond acceptors (Lipinski definition) is 3. The highest BCUT2D eigenvalue weighted by Crippen LogP contribution is 2.37. The number of alkyl halides is 3. The number of ether oxygens (including phenoxy) is 1. The van der Waals surface area contributed by atoms with E-state index in [1.54, 1.807) is 24.3 Å². The van der Waals surface area contributed by atoms with Gasteiger partial charge in [0.1, 0.15) is 11.6 Å². The van der Waals surface area contributed by atoms with Gasteiger partial charge in [0.2, 0.25) is 0 Å². The molecule has 0 fully saturated rings. The van der Waals surface area contributed by atoms with Crippen LogP contribution in [0.25, 0.3) is 11.3 Å². The molecule has 0 N–H and O–H groups in total. The fourth-order valence-electron chi connectivity index (χ4n) is 3.24. The minimum Gasteiger partial charge on any atom is -0.483 e. The summed E-state index contributed by atoms with van der Waals surface area (Å²) < 4.78 is 56.0. The number of nitrogens with zero attached hydrogens (tertiary/aromatic N) is 2. The molecule has 1 aliphatic rings. The normalized spacial score (nSPS) is 13.5. The summed E-state index contributed by atoms with van der Waals surface area (Å²) in [6.45, 7) is -1.27. The Hall–Kier alpha value is -3.42. The summed E-state index contributed by atoms with van der Waals surface area (Å²) in [4.78, 5) is 18.6. The third-order valence-corrected chi connectivity index (χ3v) is 4.52. The lowest BCUT2D eigenvalue weighted by Crippen LogP contribution is -2.22. The summed E-state index contributed by atoms with van der Waals surface area (Å²) in [6, 6.07) is 13.3. The smallest absolute Gasteiger partial charge is 0.422 e. The largest absolute Gasteiger partial charge is 0.483 e. The van der Waals surface area contributed by atoms with Crippen LogP contribution in [0.4, 0.5) is 23.2 Å². The maximum absolute atomic E-state index is 13.2. The summed E-state index contributed by atoms with van der Waals surface area (Å²) >= 11 is 0. The molecule has 148 valence electrons. The topological polar surface area (TPSA) is 42.4 Å². The highest BCUT2D eigenvalue weighted by Gasteiger charge is 2.33. The lowest BCUT2D eigenvalue weighted by atomic mass is 10.0. The number of halogens is 4. The van der Waals surface area contributed by atoms with E-state index in [0.717, 1.165) is 0 Å². The highest BCUT2D eigenvalue weighted by atomic mass is 19.4. The van der Waals surface area contributed by atoms with Crippen LogP contribution in [0.2, 0.25) is 0 Å². The van der Waals surface area contributed by atoms with Gasteiger partial charge in [0.15, 0.2) is 6.61 Å². The molecule has 0 radical (unpaired) electrons. The minimum atomic E-state index is -4.48. The fraction of sp³-hybridized carbons (Fsp3) is 0.143. The van der Waals surface area contributed by atoms with Crippen molar-refractivity contribution in [1.29, 1.82) is 0 Å². The lowest BCUT2D eigenvalue weighted by Gasteiger charge is -2.16.